The predicted molar refractivity (Wildman–Crippen MR) is 304 cm³/mol. The van der Waals surface area contributed by atoms with Gasteiger partial charge in [-0.3, -0.25) is 53.1 Å². The minimum atomic E-state index is -0.883. The predicted octanol–water partition coefficient (Wildman–Crippen LogP) is -0.354. The molecule has 0 saturated heterocycles. The zero-order chi connectivity index (χ0) is 55.8. The summed E-state index contributed by atoms with van der Waals surface area (Å²) >= 11 is 0. The molecular formula is C50H68Cl4N12O15. The summed E-state index contributed by atoms with van der Waals surface area (Å²) < 4.78 is 0.213. The number of pyridine rings is 1. The van der Waals surface area contributed by atoms with Crippen LogP contribution in [0.3, 0.4) is 0 Å². The van der Waals surface area contributed by atoms with Gasteiger partial charge in [-0.15, -0.1) is 54.4 Å². The van der Waals surface area contributed by atoms with Crippen molar-refractivity contribution in [2.45, 2.75) is 25.3 Å². The number of nitrogens with one attached hydrogen (secondary N) is 7. The number of phenols is 6. The van der Waals surface area contributed by atoms with E-state index in [0.29, 0.717) is 25.8 Å². The first kappa shape index (κ1) is 69.6. The van der Waals surface area contributed by atoms with E-state index in [2.05, 4.69) is 37.2 Å². The zero-order valence-corrected chi connectivity index (χ0v) is 46.9. The molecule has 0 spiro atoms. The molecule has 27 nitrogen and oxygen atoms in total. The molecule has 10 aliphatic rings. The zero-order valence-electron chi connectivity index (χ0n) is 43.6. The van der Waals surface area contributed by atoms with Crippen LogP contribution in [0.2, 0.25) is 0 Å². The van der Waals surface area contributed by atoms with Crippen LogP contribution in [0.25, 0.3) is 0 Å². The van der Waals surface area contributed by atoms with E-state index in [0.717, 1.165) is 42.5 Å². The van der Waals surface area contributed by atoms with Gasteiger partial charge in [0, 0.05) is 110 Å². The van der Waals surface area contributed by atoms with Crippen molar-refractivity contribution in [2.75, 3.05) is 105 Å². The number of unbranched alkanes of at least 4 members (excludes halogenated alkanes) is 1. The number of carbonyl (C=O) groups is 7. The van der Waals surface area contributed by atoms with Crippen molar-refractivity contribution in [2.24, 2.45) is 5.73 Å². The Labute approximate surface area is 489 Å². The van der Waals surface area contributed by atoms with Gasteiger partial charge in [-0.25, -0.2) is 0 Å². The minimum absolute atomic E-state index is 0. The molecule has 11 heterocycles. The van der Waals surface area contributed by atoms with Gasteiger partial charge in [0.15, 0.2) is 34.5 Å². The molecule has 0 saturated carbocycles. The third-order valence-corrected chi connectivity index (χ3v) is 12.9. The molecule has 16 N–H and O–H groups in total. The van der Waals surface area contributed by atoms with Crippen LogP contribution < -0.4 is 48.5 Å². The second-order valence-electron chi connectivity index (χ2n) is 18.1. The summed E-state index contributed by atoms with van der Waals surface area (Å²) in [7, 11) is 0. The summed E-state index contributed by atoms with van der Waals surface area (Å²) in [6.07, 6.45) is 1.48. The molecule has 0 aliphatic carbocycles. The smallest absolute Gasteiger partial charge is 0.283 e. The van der Waals surface area contributed by atoms with E-state index in [-0.39, 0.29) is 192 Å². The van der Waals surface area contributed by atoms with Gasteiger partial charge in [0.05, 0.1) is 33.4 Å². The van der Waals surface area contributed by atoms with Gasteiger partial charge in [-0.1, -0.05) is 12.5 Å². The SMILES string of the molecule is Cl.Cl.Cl.Cl.NCCCCC(CN1CCNC(=O)c2ccc(c(O)c2O)C(=O)NCCN2CCNC(=O)c3ccc(c(O)c3O)C(=O)NCCN(CCNC(=O)c3ccc(c(O)c3O)C(=O)NCC2)CC1)NC(=O)c1cccc(=O)n1O. The fourth-order valence-electron chi connectivity index (χ4n) is 8.59. The highest BCUT2D eigenvalue weighted by molar-refractivity contribution is 6.05. The van der Waals surface area contributed by atoms with Crippen LogP contribution in [0.15, 0.2) is 59.4 Å². The van der Waals surface area contributed by atoms with Crippen LogP contribution in [0, 0.1) is 0 Å². The van der Waals surface area contributed by atoms with Gasteiger partial charge in [0.25, 0.3) is 46.9 Å². The molecule has 14 rings (SSSR count). The van der Waals surface area contributed by atoms with Crippen LogP contribution in [0.5, 0.6) is 34.5 Å². The quantitative estimate of drug-likeness (QED) is 0.0609. The van der Waals surface area contributed by atoms with E-state index < -0.39 is 87.4 Å². The molecule has 446 valence electrons. The number of halogens is 4. The number of amides is 7. The Hall–Kier alpha value is -7.50. The summed E-state index contributed by atoms with van der Waals surface area (Å²) in [4.78, 5) is 112. The number of aromatic hydroxyl groups is 6. The van der Waals surface area contributed by atoms with Crippen molar-refractivity contribution in [3.05, 3.63) is 104 Å². The highest BCUT2D eigenvalue weighted by atomic mass is 35.5. The van der Waals surface area contributed by atoms with E-state index in [1.165, 1.54) is 12.1 Å². The number of rotatable bonds is 8. The summed E-state index contributed by atoms with van der Waals surface area (Å²) in [5, 5.41) is 94.9. The van der Waals surface area contributed by atoms with Crippen LogP contribution in [0.1, 0.15) is 91.9 Å². The van der Waals surface area contributed by atoms with Crippen LogP contribution >= 0.6 is 49.6 Å². The topological polar surface area (TPSA) is 403 Å². The minimum Gasteiger partial charge on any atom is -0.504 e. The molecule has 0 radical (unpaired) electrons. The first-order chi connectivity index (χ1) is 36.9. The Morgan fingerprint density at radius 2 is 0.790 bits per heavy atom. The van der Waals surface area contributed by atoms with Gasteiger partial charge in [-0.2, -0.15) is 0 Å². The molecular weight excluding hydrogens is 1150 g/mol. The molecule has 31 heteroatoms. The van der Waals surface area contributed by atoms with E-state index in [4.69, 9.17) is 5.73 Å². The maximum Gasteiger partial charge on any atom is 0.283 e. The van der Waals surface area contributed by atoms with Crippen molar-refractivity contribution in [3.63, 3.8) is 0 Å². The maximum absolute atomic E-state index is 13.6. The number of hydrogen-bond donors (Lipinski definition) is 15. The molecule has 1 unspecified atom stereocenters. The number of hydrogen-bond acceptors (Lipinski definition) is 19. The Morgan fingerprint density at radius 1 is 0.469 bits per heavy atom. The largest absolute Gasteiger partial charge is 0.504 e. The van der Waals surface area contributed by atoms with Gasteiger partial charge < -0.3 is 78.8 Å². The average molecular weight is 1220 g/mol. The standard InChI is InChI=1S/C50H64N12O15.4ClH/c51-13-2-1-4-29(58-50(76)36-5-3-6-37(63)62(36)77)28-61-25-19-57-49(75)35-12-11-32(40(66)43(35)69)46(72)54-16-22-59-20-14-52-44(70)30-7-9-33(41(67)38(30)64)47(73)55-17-23-60(26-27-61)24-18-56-48(74)34-10-8-31(39(65)42(34)68)45(71)53-15-21-59;;;;/h3,5-12,29,64-69,77H,1-2,4,13-28,51H2,(H,52,70)(H,53,71)(H,54,72)(H,55,73)(H,56,74)(H,57,75)(H,58,76);4*1H. The number of nitrogens with two attached hydrogens (primary N) is 1. The summed E-state index contributed by atoms with van der Waals surface area (Å²) in [5.74, 6) is -10.9. The molecule has 1 atom stereocenters. The van der Waals surface area contributed by atoms with Gasteiger partial charge in [0.1, 0.15) is 5.69 Å². The highest BCUT2D eigenvalue weighted by Gasteiger charge is 2.27. The molecule has 8 bridgehead atoms. The Kier molecular flexibility index (Phi) is 28.6. The van der Waals surface area contributed by atoms with E-state index in [1.54, 1.807) is 9.80 Å². The lowest BCUT2D eigenvalue weighted by Gasteiger charge is -2.31. The first-order valence-electron chi connectivity index (χ1n) is 24.8. The Morgan fingerprint density at radius 3 is 1.12 bits per heavy atom. The first-order valence-corrected chi connectivity index (χ1v) is 24.8. The number of aromatic nitrogens is 1. The fourth-order valence-corrected chi connectivity index (χ4v) is 8.59. The molecule has 4 aromatic rings. The number of carbonyl (C=O) groups excluding carboxylic acids is 7. The molecule has 10 aliphatic heterocycles. The lowest BCUT2D eigenvalue weighted by Crippen LogP contribution is -2.49. The fraction of sp³-hybridized carbons (Fsp3) is 0.400. The lowest BCUT2D eigenvalue weighted by atomic mass is 10.1. The van der Waals surface area contributed by atoms with Crippen molar-refractivity contribution >= 4 is 91.0 Å². The number of benzene rings is 3. The van der Waals surface area contributed by atoms with Crippen LogP contribution in [-0.2, 0) is 0 Å². The second kappa shape index (κ2) is 33.3. The Bertz CT molecular complexity index is 2830. The molecule has 81 heavy (non-hydrogen) atoms. The van der Waals surface area contributed by atoms with Gasteiger partial charge >= 0.3 is 0 Å². The van der Waals surface area contributed by atoms with Crippen molar-refractivity contribution < 1.29 is 69.4 Å². The lowest BCUT2D eigenvalue weighted by molar-refractivity contribution is 0.0851. The third kappa shape index (κ3) is 18.5. The van der Waals surface area contributed by atoms with Crippen molar-refractivity contribution in [1.29, 1.82) is 0 Å². The van der Waals surface area contributed by atoms with E-state index in [1.807, 2.05) is 4.90 Å². The molecule has 0 fully saturated rings. The second-order valence-corrected chi connectivity index (χ2v) is 18.1. The molecule has 1 aromatic heterocycles. The van der Waals surface area contributed by atoms with Crippen LogP contribution in [-0.4, -0.2) is 207 Å². The summed E-state index contributed by atoms with van der Waals surface area (Å²) in [6.45, 7) is 0.547. The summed E-state index contributed by atoms with van der Waals surface area (Å²) in [6, 6.07) is 9.91. The Balaban J connectivity index is 0.00000560. The normalized spacial score (nSPS) is 17.7. The van der Waals surface area contributed by atoms with Crippen LogP contribution in [0.4, 0.5) is 0 Å². The van der Waals surface area contributed by atoms with E-state index >= 15 is 0 Å². The number of nitrogens with zero attached hydrogens (tertiary/aromatic N) is 4. The van der Waals surface area contributed by atoms with Crippen molar-refractivity contribution in [1.82, 2.24) is 56.6 Å². The van der Waals surface area contributed by atoms with Gasteiger partial charge in [-0.05, 0) is 61.9 Å². The highest BCUT2D eigenvalue weighted by Crippen LogP contribution is 2.35. The maximum atomic E-state index is 13.6. The molecule has 7 amide bonds. The van der Waals surface area contributed by atoms with E-state index in [9.17, 15) is 74.2 Å². The third-order valence-electron chi connectivity index (χ3n) is 12.9. The molecule has 3 aromatic carbocycles. The average Bonchev–Trinajstić information content (AvgIpc) is 3.46. The van der Waals surface area contributed by atoms with Gasteiger partial charge in [0.2, 0.25) is 0 Å². The monoisotopic (exact) mass is 1220 g/mol. The van der Waals surface area contributed by atoms with Crippen molar-refractivity contribution in [3.8, 4) is 34.5 Å². The number of phenolic OH excluding ortho intramolecular Hbond substituents is 6. The summed E-state index contributed by atoms with van der Waals surface area (Å²) in [5.41, 5.74) is 2.47.